The fraction of sp³-hybridized carbons (Fsp3) is 0.600. The Kier molecular flexibility index (Phi) is 8.42. The molecule has 1 N–H and O–H groups in total. The molecule has 5 heteroatoms. The van der Waals surface area contributed by atoms with E-state index in [0.717, 1.165) is 38.1 Å². The molecule has 4 nitrogen and oxygen atoms in total. The standard InChI is InChI=1S/C15H24ClNO3/c1-4-17-11-12-9-13(16)15(14(10-12)19-3)20-8-6-5-7-18-2/h9-10,17H,4-8,11H2,1-3H3. The van der Waals surface area contributed by atoms with E-state index in [-0.39, 0.29) is 0 Å². The second-order valence-corrected chi connectivity index (χ2v) is 4.84. The Balaban J connectivity index is 2.64. The second-order valence-electron chi connectivity index (χ2n) is 4.44. The van der Waals surface area contributed by atoms with E-state index in [2.05, 4.69) is 12.2 Å². The summed E-state index contributed by atoms with van der Waals surface area (Å²) in [6.07, 6.45) is 1.89. The van der Waals surface area contributed by atoms with Crippen molar-refractivity contribution in [3.05, 3.63) is 22.7 Å². The number of hydrogen-bond acceptors (Lipinski definition) is 4. The molecule has 0 amide bonds. The molecule has 1 rings (SSSR count). The van der Waals surface area contributed by atoms with Crippen LogP contribution in [0.4, 0.5) is 0 Å². The van der Waals surface area contributed by atoms with Crippen LogP contribution < -0.4 is 14.8 Å². The predicted octanol–water partition coefficient (Wildman–Crippen LogP) is 3.26. The minimum atomic E-state index is 0.587. The largest absolute Gasteiger partial charge is 0.493 e. The molecule has 0 bridgehead atoms. The van der Waals surface area contributed by atoms with Crippen molar-refractivity contribution in [3.63, 3.8) is 0 Å². The Bertz CT molecular complexity index is 399. The summed E-state index contributed by atoms with van der Waals surface area (Å²) in [4.78, 5) is 0. The van der Waals surface area contributed by atoms with Crippen molar-refractivity contribution in [2.75, 3.05) is 34.0 Å². The molecule has 0 radical (unpaired) electrons. The molecule has 0 aliphatic heterocycles. The maximum Gasteiger partial charge on any atom is 0.179 e. The molecule has 0 saturated carbocycles. The lowest BCUT2D eigenvalue weighted by Gasteiger charge is -2.14. The summed E-state index contributed by atoms with van der Waals surface area (Å²) in [5.74, 6) is 1.30. The maximum absolute atomic E-state index is 6.27. The zero-order chi connectivity index (χ0) is 14.8. The molecule has 20 heavy (non-hydrogen) atoms. The van der Waals surface area contributed by atoms with Crippen molar-refractivity contribution in [2.45, 2.75) is 26.3 Å². The first kappa shape index (κ1) is 17.1. The number of unbranched alkanes of at least 4 members (excludes halogenated alkanes) is 1. The van der Waals surface area contributed by atoms with Crippen molar-refractivity contribution >= 4 is 11.6 Å². The number of benzene rings is 1. The summed E-state index contributed by atoms with van der Waals surface area (Å²) in [5, 5.41) is 3.85. The van der Waals surface area contributed by atoms with Crippen molar-refractivity contribution in [1.29, 1.82) is 0 Å². The number of halogens is 1. The van der Waals surface area contributed by atoms with Gasteiger partial charge in [0, 0.05) is 20.3 Å². The lowest BCUT2D eigenvalue weighted by molar-refractivity contribution is 0.183. The van der Waals surface area contributed by atoms with Crippen LogP contribution in [0.25, 0.3) is 0 Å². The van der Waals surface area contributed by atoms with Gasteiger partial charge < -0.3 is 19.5 Å². The lowest BCUT2D eigenvalue weighted by atomic mass is 10.2. The summed E-state index contributed by atoms with van der Waals surface area (Å²) in [5.41, 5.74) is 1.08. The first-order chi connectivity index (χ1) is 9.72. The van der Waals surface area contributed by atoms with Crippen LogP contribution in [-0.4, -0.2) is 34.0 Å². The topological polar surface area (TPSA) is 39.7 Å². The van der Waals surface area contributed by atoms with Gasteiger partial charge in [-0.15, -0.1) is 0 Å². The highest BCUT2D eigenvalue weighted by Crippen LogP contribution is 2.36. The highest BCUT2D eigenvalue weighted by atomic mass is 35.5. The molecular weight excluding hydrogens is 278 g/mol. The molecule has 0 spiro atoms. The third-order valence-corrected chi connectivity index (χ3v) is 3.14. The number of nitrogens with one attached hydrogen (secondary N) is 1. The van der Waals surface area contributed by atoms with Gasteiger partial charge in [0.15, 0.2) is 11.5 Å². The van der Waals surface area contributed by atoms with Crippen LogP contribution in [0.1, 0.15) is 25.3 Å². The Morgan fingerprint density at radius 3 is 2.55 bits per heavy atom. The fourth-order valence-corrected chi connectivity index (χ4v) is 2.10. The maximum atomic E-state index is 6.27. The van der Waals surface area contributed by atoms with Gasteiger partial charge in [0.2, 0.25) is 0 Å². The number of rotatable bonds is 10. The van der Waals surface area contributed by atoms with Crippen molar-refractivity contribution in [3.8, 4) is 11.5 Å². The summed E-state index contributed by atoms with van der Waals surface area (Å²) in [6, 6.07) is 3.87. The first-order valence-corrected chi connectivity index (χ1v) is 7.29. The minimum Gasteiger partial charge on any atom is -0.493 e. The van der Waals surface area contributed by atoms with Crippen LogP contribution in [0, 0.1) is 0 Å². The monoisotopic (exact) mass is 301 g/mol. The molecule has 1 aromatic rings. The van der Waals surface area contributed by atoms with E-state index < -0.39 is 0 Å². The summed E-state index contributed by atoms with van der Waals surface area (Å²) < 4.78 is 16.1. The molecule has 0 saturated heterocycles. The van der Waals surface area contributed by atoms with Gasteiger partial charge in [0.05, 0.1) is 18.7 Å². The van der Waals surface area contributed by atoms with E-state index in [4.69, 9.17) is 25.8 Å². The Morgan fingerprint density at radius 1 is 1.15 bits per heavy atom. The van der Waals surface area contributed by atoms with Crippen molar-refractivity contribution in [1.82, 2.24) is 5.32 Å². The predicted molar refractivity (Wildman–Crippen MR) is 82.0 cm³/mol. The van der Waals surface area contributed by atoms with Gasteiger partial charge in [-0.3, -0.25) is 0 Å². The SMILES string of the molecule is CCNCc1cc(Cl)c(OCCCCOC)c(OC)c1. The zero-order valence-electron chi connectivity index (χ0n) is 12.5. The van der Waals surface area contributed by atoms with Gasteiger partial charge in [-0.05, 0) is 37.1 Å². The molecule has 0 aliphatic carbocycles. The Morgan fingerprint density at radius 2 is 1.90 bits per heavy atom. The number of methoxy groups -OCH3 is 2. The van der Waals surface area contributed by atoms with E-state index in [0.29, 0.717) is 23.1 Å². The number of ether oxygens (including phenoxy) is 3. The van der Waals surface area contributed by atoms with E-state index >= 15 is 0 Å². The van der Waals surface area contributed by atoms with Crippen LogP contribution in [-0.2, 0) is 11.3 Å². The molecule has 1 aromatic carbocycles. The molecule has 0 atom stereocenters. The second kappa shape index (κ2) is 9.86. The third-order valence-electron chi connectivity index (χ3n) is 2.86. The summed E-state index contributed by atoms with van der Waals surface area (Å²) in [6.45, 7) is 5.09. The van der Waals surface area contributed by atoms with Crippen molar-refractivity contribution in [2.24, 2.45) is 0 Å². The lowest BCUT2D eigenvalue weighted by Crippen LogP contribution is -2.12. The molecule has 114 valence electrons. The van der Waals surface area contributed by atoms with Gasteiger partial charge in [-0.2, -0.15) is 0 Å². The van der Waals surface area contributed by atoms with Crippen LogP contribution in [0.3, 0.4) is 0 Å². The highest BCUT2D eigenvalue weighted by molar-refractivity contribution is 6.32. The van der Waals surface area contributed by atoms with Crippen LogP contribution in [0.2, 0.25) is 5.02 Å². The average Bonchev–Trinajstić information content (AvgIpc) is 2.46. The normalized spacial score (nSPS) is 10.6. The van der Waals surface area contributed by atoms with Crippen LogP contribution in [0.5, 0.6) is 11.5 Å². The van der Waals surface area contributed by atoms with E-state index in [9.17, 15) is 0 Å². The van der Waals surface area contributed by atoms with E-state index in [1.54, 1.807) is 14.2 Å². The van der Waals surface area contributed by atoms with Gasteiger partial charge >= 0.3 is 0 Å². The molecular formula is C15H24ClNO3. The molecule has 0 unspecified atom stereocenters. The fourth-order valence-electron chi connectivity index (χ4n) is 1.81. The van der Waals surface area contributed by atoms with Crippen molar-refractivity contribution < 1.29 is 14.2 Å². The van der Waals surface area contributed by atoms with Crippen LogP contribution >= 0.6 is 11.6 Å². The van der Waals surface area contributed by atoms with Gasteiger partial charge in [-0.1, -0.05) is 18.5 Å². The van der Waals surface area contributed by atoms with Gasteiger partial charge in [0.1, 0.15) is 0 Å². The van der Waals surface area contributed by atoms with Gasteiger partial charge in [-0.25, -0.2) is 0 Å². The van der Waals surface area contributed by atoms with Gasteiger partial charge in [0.25, 0.3) is 0 Å². The summed E-state index contributed by atoms with van der Waals surface area (Å²) in [7, 11) is 3.32. The first-order valence-electron chi connectivity index (χ1n) is 6.91. The van der Waals surface area contributed by atoms with E-state index in [1.807, 2.05) is 12.1 Å². The smallest absolute Gasteiger partial charge is 0.179 e. The minimum absolute atomic E-state index is 0.587. The highest BCUT2D eigenvalue weighted by Gasteiger charge is 2.11. The molecule has 0 aromatic heterocycles. The van der Waals surface area contributed by atoms with Crippen LogP contribution in [0.15, 0.2) is 12.1 Å². The summed E-state index contributed by atoms with van der Waals surface area (Å²) >= 11 is 6.27. The molecule has 0 fully saturated rings. The zero-order valence-corrected chi connectivity index (χ0v) is 13.3. The molecule has 0 heterocycles. The number of hydrogen-bond donors (Lipinski definition) is 1. The average molecular weight is 302 g/mol. The van der Waals surface area contributed by atoms with E-state index in [1.165, 1.54) is 0 Å². The Labute approximate surface area is 126 Å². The molecule has 0 aliphatic rings. The Hall–Kier alpha value is -0.970. The quantitative estimate of drug-likeness (QED) is 0.673. The third kappa shape index (κ3) is 5.57.